The Bertz CT molecular complexity index is 1530. The Morgan fingerprint density at radius 2 is 2.08 bits per heavy atom. The number of carbonyl (C=O) groups excluding carboxylic acids is 1. The molecule has 38 heavy (non-hydrogen) atoms. The molecule has 0 atom stereocenters. The van der Waals surface area contributed by atoms with E-state index in [0.717, 1.165) is 85.1 Å². The van der Waals surface area contributed by atoms with E-state index in [1.165, 1.54) is 16.5 Å². The number of benzene rings is 1. The molecule has 0 N–H and O–H groups in total. The van der Waals surface area contributed by atoms with E-state index in [4.69, 9.17) is 9.72 Å². The number of allylic oxidation sites excluding steroid dienone is 1. The van der Waals surface area contributed by atoms with E-state index >= 15 is 0 Å². The number of aryl methyl sites for hydroxylation is 1. The zero-order chi connectivity index (χ0) is 26.4. The number of fused-ring (bicyclic) bond motifs is 1. The van der Waals surface area contributed by atoms with Crippen molar-refractivity contribution in [2.24, 2.45) is 5.41 Å². The van der Waals surface area contributed by atoms with Crippen LogP contribution >= 0.6 is 11.3 Å². The van der Waals surface area contributed by atoms with E-state index in [1.54, 1.807) is 18.4 Å². The highest BCUT2D eigenvalue weighted by atomic mass is 32.1. The number of anilines is 1. The van der Waals surface area contributed by atoms with Gasteiger partial charge in [0, 0.05) is 42.7 Å². The van der Waals surface area contributed by atoms with Gasteiger partial charge in [0.05, 0.1) is 28.9 Å². The van der Waals surface area contributed by atoms with Crippen LogP contribution in [0.15, 0.2) is 42.4 Å². The molecule has 6 rings (SSSR count). The van der Waals surface area contributed by atoms with Crippen molar-refractivity contribution in [1.82, 2.24) is 14.9 Å². The summed E-state index contributed by atoms with van der Waals surface area (Å²) < 4.78 is 5.74. The maximum absolute atomic E-state index is 12.1. The number of hydrogen-bond donors (Lipinski definition) is 0. The molecular formula is C30H29N5O2S. The number of amides is 1. The van der Waals surface area contributed by atoms with Crippen LogP contribution in [0.2, 0.25) is 0 Å². The van der Waals surface area contributed by atoms with Gasteiger partial charge in [0.15, 0.2) is 0 Å². The Morgan fingerprint density at radius 3 is 2.79 bits per heavy atom. The normalized spacial score (nSPS) is 17.4. The SMILES string of the molecule is C=CC(=O)N1CC2(CCN(c3nc4c(c(-c5ccccc5OC)c3C#N)CCC(c3scnc3C)=C4)C2)C1. The van der Waals surface area contributed by atoms with Gasteiger partial charge in [0.2, 0.25) is 5.91 Å². The predicted molar refractivity (Wildman–Crippen MR) is 150 cm³/mol. The van der Waals surface area contributed by atoms with Crippen molar-refractivity contribution in [3.8, 4) is 22.9 Å². The number of ether oxygens (including phenoxy) is 1. The van der Waals surface area contributed by atoms with E-state index in [-0.39, 0.29) is 11.3 Å². The number of hydrogen-bond acceptors (Lipinski definition) is 7. The van der Waals surface area contributed by atoms with Crippen molar-refractivity contribution in [2.45, 2.75) is 26.2 Å². The topological polar surface area (TPSA) is 82.4 Å². The number of para-hydroxylation sites is 1. The number of likely N-dealkylation sites (tertiary alicyclic amines) is 1. The summed E-state index contributed by atoms with van der Waals surface area (Å²) in [5, 5.41) is 10.5. The maximum Gasteiger partial charge on any atom is 0.245 e. The molecule has 192 valence electrons. The number of thiazole rings is 1. The zero-order valence-corrected chi connectivity index (χ0v) is 22.5. The monoisotopic (exact) mass is 523 g/mol. The lowest BCUT2D eigenvalue weighted by atomic mass is 9.79. The van der Waals surface area contributed by atoms with E-state index < -0.39 is 0 Å². The van der Waals surface area contributed by atoms with Crippen LogP contribution in [-0.4, -0.2) is 54.1 Å². The standard InChI is InChI=1S/C30H29N5O2S/c1-4-26(36)35-16-30(17-35)11-12-34(15-30)29-23(14-31)27(22-7-5-6-8-25(22)37-3)21-10-9-20(13-24(21)33-29)28-19(2)32-18-38-28/h4-8,13,18H,1,9-12,15-17H2,2-3H3. The van der Waals surface area contributed by atoms with E-state index in [2.05, 4.69) is 28.6 Å². The van der Waals surface area contributed by atoms with Gasteiger partial charge >= 0.3 is 0 Å². The van der Waals surface area contributed by atoms with Crippen molar-refractivity contribution >= 4 is 34.7 Å². The van der Waals surface area contributed by atoms with E-state index in [1.807, 2.05) is 41.6 Å². The lowest BCUT2D eigenvalue weighted by Gasteiger charge is -2.47. The Hall–Kier alpha value is -3.96. The first kappa shape index (κ1) is 24.4. The zero-order valence-electron chi connectivity index (χ0n) is 21.7. The Morgan fingerprint density at radius 1 is 1.26 bits per heavy atom. The van der Waals surface area contributed by atoms with Crippen molar-refractivity contribution in [3.63, 3.8) is 0 Å². The molecule has 1 amide bonds. The highest BCUT2D eigenvalue weighted by Crippen LogP contribution is 2.46. The lowest BCUT2D eigenvalue weighted by Crippen LogP contribution is -2.59. The van der Waals surface area contributed by atoms with Crippen molar-refractivity contribution < 1.29 is 9.53 Å². The number of methoxy groups -OCH3 is 1. The molecule has 2 aromatic heterocycles. The second-order valence-corrected chi connectivity index (χ2v) is 11.2. The number of nitriles is 1. The lowest BCUT2D eigenvalue weighted by molar-refractivity contribution is -0.136. The second kappa shape index (κ2) is 9.41. The van der Waals surface area contributed by atoms with E-state index in [9.17, 15) is 10.1 Å². The molecule has 1 aromatic carbocycles. The van der Waals surface area contributed by atoms with Gasteiger partial charge in [-0.15, -0.1) is 11.3 Å². The van der Waals surface area contributed by atoms with Gasteiger partial charge in [0.25, 0.3) is 0 Å². The third-order valence-electron chi connectivity index (χ3n) is 8.07. The molecule has 3 aromatic rings. The number of pyridine rings is 1. The van der Waals surface area contributed by atoms with Gasteiger partial charge < -0.3 is 14.5 Å². The van der Waals surface area contributed by atoms with E-state index in [0.29, 0.717) is 5.56 Å². The van der Waals surface area contributed by atoms with Crippen LogP contribution in [0.1, 0.15) is 40.2 Å². The third-order valence-corrected chi connectivity index (χ3v) is 9.07. The summed E-state index contributed by atoms with van der Waals surface area (Å²) in [6.45, 7) is 8.67. The number of aromatic nitrogens is 2. The summed E-state index contributed by atoms with van der Waals surface area (Å²) in [7, 11) is 1.67. The first-order valence-electron chi connectivity index (χ1n) is 12.8. The van der Waals surface area contributed by atoms with Crippen LogP contribution in [-0.2, 0) is 11.2 Å². The smallest absolute Gasteiger partial charge is 0.245 e. The highest BCUT2D eigenvalue weighted by Gasteiger charge is 2.49. The largest absolute Gasteiger partial charge is 0.496 e. The van der Waals surface area contributed by atoms with Crippen LogP contribution in [0.4, 0.5) is 5.82 Å². The van der Waals surface area contributed by atoms with Crippen molar-refractivity contribution in [3.05, 3.63) is 69.8 Å². The summed E-state index contributed by atoms with van der Waals surface area (Å²) in [6, 6.07) is 10.4. The fourth-order valence-electron chi connectivity index (χ4n) is 6.19. The molecule has 7 nitrogen and oxygen atoms in total. The molecule has 1 spiro atoms. The molecule has 0 radical (unpaired) electrons. The van der Waals surface area contributed by atoms with Gasteiger partial charge in [0.1, 0.15) is 23.2 Å². The second-order valence-electron chi connectivity index (χ2n) is 10.4. The molecule has 1 aliphatic carbocycles. The fourth-order valence-corrected chi connectivity index (χ4v) is 7.04. The van der Waals surface area contributed by atoms with Gasteiger partial charge in [-0.25, -0.2) is 9.97 Å². The summed E-state index contributed by atoms with van der Waals surface area (Å²) in [5.74, 6) is 1.44. The van der Waals surface area contributed by atoms with Gasteiger partial charge in [-0.05, 0) is 55.5 Å². The molecule has 0 unspecified atom stereocenters. The first-order valence-corrected chi connectivity index (χ1v) is 13.7. The number of nitrogens with zero attached hydrogens (tertiary/aromatic N) is 5. The average Bonchev–Trinajstić information content (AvgIpc) is 3.57. The summed E-state index contributed by atoms with van der Waals surface area (Å²) in [4.78, 5) is 27.0. The molecule has 3 aliphatic rings. The van der Waals surface area contributed by atoms with Crippen LogP contribution in [0, 0.1) is 23.7 Å². The van der Waals surface area contributed by atoms with Crippen LogP contribution < -0.4 is 9.64 Å². The van der Waals surface area contributed by atoms with Crippen LogP contribution in [0.3, 0.4) is 0 Å². The highest BCUT2D eigenvalue weighted by molar-refractivity contribution is 7.11. The van der Waals surface area contributed by atoms with Gasteiger partial charge in [-0.2, -0.15) is 5.26 Å². The summed E-state index contributed by atoms with van der Waals surface area (Å²) in [6.07, 6.45) is 6.18. The minimum absolute atomic E-state index is 0.0202. The van der Waals surface area contributed by atoms with Crippen LogP contribution in [0.25, 0.3) is 22.8 Å². The minimum Gasteiger partial charge on any atom is -0.496 e. The first-order chi connectivity index (χ1) is 18.5. The third kappa shape index (κ3) is 3.89. The molecule has 8 heteroatoms. The van der Waals surface area contributed by atoms with Crippen LogP contribution in [0.5, 0.6) is 5.75 Å². The molecule has 2 saturated heterocycles. The Kier molecular flexibility index (Phi) is 6.04. The molecule has 0 saturated carbocycles. The van der Waals surface area contributed by atoms with Crippen molar-refractivity contribution in [2.75, 3.05) is 38.2 Å². The average molecular weight is 524 g/mol. The molecule has 2 fully saturated rings. The summed E-state index contributed by atoms with van der Waals surface area (Å²) in [5.41, 5.74) is 8.62. The van der Waals surface area contributed by atoms with Gasteiger partial charge in [-0.3, -0.25) is 4.79 Å². The quantitative estimate of drug-likeness (QED) is 0.433. The molecule has 0 bridgehead atoms. The molecule has 4 heterocycles. The molecule has 2 aliphatic heterocycles. The predicted octanol–water partition coefficient (Wildman–Crippen LogP) is 5.11. The Balaban J connectivity index is 1.48. The minimum atomic E-state index is -0.0202. The molecular weight excluding hydrogens is 494 g/mol. The maximum atomic E-state index is 12.1. The summed E-state index contributed by atoms with van der Waals surface area (Å²) >= 11 is 1.66. The number of rotatable bonds is 5. The van der Waals surface area contributed by atoms with Crippen molar-refractivity contribution in [1.29, 1.82) is 5.26 Å². The van der Waals surface area contributed by atoms with Gasteiger partial charge in [-0.1, -0.05) is 24.8 Å². The Labute approximate surface area is 226 Å². The number of carbonyl (C=O) groups is 1. The fraction of sp³-hybridized carbons (Fsp3) is 0.333.